The molecule has 2 aromatic rings. The fourth-order valence-corrected chi connectivity index (χ4v) is 2.97. The van der Waals surface area contributed by atoms with E-state index >= 15 is 0 Å². The minimum Gasteiger partial charge on any atom is -0.379 e. The number of ether oxygens (including phenoxy) is 1. The summed E-state index contributed by atoms with van der Waals surface area (Å²) >= 11 is 0. The molecule has 24 heavy (non-hydrogen) atoms. The number of hydrogen-bond donors (Lipinski definition) is 1. The van der Waals surface area contributed by atoms with Gasteiger partial charge in [0.25, 0.3) is 5.91 Å². The third-order valence-electron chi connectivity index (χ3n) is 4.22. The van der Waals surface area contributed by atoms with Gasteiger partial charge in [0.05, 0.1) is 24.9 Å². The molecule has 1 aromatic carbocycles. The van der Waals surface area contributed by atoms with E-state index in [1.165, 1.54) is 11.1 Å². The van der Waals surface area contributed by atoms with Crippen molar-refractivity contribution in [2.24, 2.45) is 0 Å². The van der Waals surface area contributed by atoms with E-state index in [0.29, 0.717) is 12.2 Å². The van der Waals surface area contributed by atoms with E-state index in [9.17, 15) is 4.79 Å². The summed E-state index contributed by atoms with van der Waals surface area (Å²) in [4.78, 5) is 14.6. The summed E-state index contributed by atoms with van der Waals surface area (Å²) in [7, 11) is 0. The van der Waals surface area contributed by atoms with Crippen molar-refractivity contribution >= 4 is 5.91 Å². The maximum atomic E-state index is 12.3. The van der Waals surface area contributed by atoms with Crippen LogP contribution in [0.1, 0.15) is 33.4 Å². The van der Waals surface area contributed by atoms with Gasteiger partial charge in [-0.2, -0.15) is 0 Å². The Labute approximate surface area is 141 Å². The Balaban J connectivity index is 1.73. The standard InChI is InChI=1S/C18H23N3O3/c1-13-4-3-5-15(10-13)16(21-6-8-23-9-7-21)12-19-18(22)17-11-14(2)20-24-17/h3-5,10-11,16H,6-9,12H2,1-2H3,(H,19,22)/t16-/m0/s1. The van der Waals surface area contributed by atoms with Gasteiger partial charge in [-0.25, -0.2) is 0 Å². The predicted molar refractivity (Wildman–Crippen MR) is 89.9 cm³/mol. The summed E-state index contributed by atoms with van der Waals surface area (Å²) in [5, 5.41) is 6.73. The second-order valence-corrected chi connectivity index (χ2v) is 6.12. The van der Waals surface area contributed by atoms with Gasteiger partial charge >= 0.3 is 0 Å². The highest BCUT2D eigenvalue weighted by Crippen LogP contribution is 2.22. The number of nitrogens with one attached hydrogen (secondary N) is 1. The summed E-state index contributed by atoms with van der Waals surface area (Å²) in [5.74, 6) is 0.0129. The Kier molecular flexibility index (Phi) is 5.27. The van der Waals surface area contributed by atoms with Gasteiger partial charge in [-0.1, -0.05) is 35.0 Å². The summed E-state index contributed by atoms with van der Waals surface area (Å²) in [6.07, 6.45) is 0. The van der Waals surface area contributed by atoms with E-state index in [4.69, 9.17) is 9.26 Å². The molecule has 0 radical (unpaired) electrons. The van der Waals surface area contributed by atoms with Crippen LogP contribution < -0.4 is 5.32 Å². The Hall–Kier alpha value is -2.18. The molecular weight excluding hydrogens is 306 g/mol. The molecule has 3 rings (SSSR count). The number of aryl methyl sites for hydroxylation is 2. The molecule has 1 N–H and O–H groups in total. The number of hydrogen-bond acceptors (Lipinski definition) is 5. The maximum Gasteiger partial charge on any atom is 0.289 e. The van der Waals surface area contributed by atoms with Crippen molar-refractivity contribution in [1.82, 2.24) is 15.4 Å². The van der Waals surface area contributed by atoms with E-state index in [-0.39, 0.29) is 17.7 Å². The zero-order valence-corrected chi connectivity index (χ0v) is 14.1. The number of rotatable bonds is 5. The zero-order valence-electron chi connectivity index (χ0n) is 14.1. The van der Waals surface area contributed by atoms with E-state index in [1.54, 1.807) is 13.0 Å². The van der Waals surface area contributed by atoms with Crippen LogP contribution in [0.4, 0.5) is 0 Å². The molecule has 1 aliphatic rings. The van der Waals surface area contributed by atoms with Crippen LogP contribution in [-0.2, 0) is 4.74 Å². The molecule has 1 fully saturated rings. The number of morpholine rings is 1. The van der Waals surface area contributed by atoms with Crippen LogP contribution in [0.25, 0.3) is 0 Å². The summed E-state index contributed by atoms with van der Waals surface area (Å²) in [6.45, 7) is 7.54. The average molecular weight is 329 g/mol. The fourth-order valence-electron chi connectivity index (χ4n) is 2.97. The normalized spacial score (nSPS) is 16.8. The molecule has 2 heterocycles. The third kappa shape index (κ3) is 4.01. The molecule has 0 saturated carbocycles. The van der Waals surface area contributed by atoms with Crippen molar-refractivity contribution in [2.45, 2.75) is 19.9 Å². The van der Waals surface area contributed by atoms with Crippen molar-refractivity contribution in [3.05, 3.63) is 52.9 Å². The molecule has 1 amide bonds. The highest BCUT2D eigenvalue weighted by molar-refractivity contribution is 5.91. The second-order valence-electron chi connectivity index (χ2n) is 6.12. The first-order valence-electron chi connectivity index (χ1n) is 8.23. The second kappa shape index (κ2) is 7.59. The van der Waals surface area contributed by atoms with Crippen LogP contribution in [0.3, 0.4) is 0 Å². The molecule has 0 aliphatic carbocycles. The number of carbonyl (C=O) groups excluding carboxylic acids is 1. The van der Waals surface area contributed by atoms with Gasteiger partial charge in [0.1, 0.15) is 0 Å². The average Bonchev–Trinajstić information content (AvgIpc) is 3.02. The van der Waals surface area contributed by atoms with Crippen LogP contribution in [0.5, 0.6) is 0 Å². The summed E-state index contributed by atoms with van der Waals surface area (Å²) < 4.78 is 10.5. The molecule has 128 valence electrons. The van der Waals surface area contributed by atoms with Gasteiger partial charge in [-0.3, -0.25) is 9.69 Å². The number of benzene rings is 1. The minimum atomic E-state index is -0.235. The van der Waals surface area contributed by atoms with Crippen LogP contribution in [0, 0.1) is 13.8 Å². The first-order chi connectivity index (χ1) is 11.6. The lowest BCUT2D eigenvalue weighted by molar-refractivity contribution is 0.0161. The van der Waals surface area contributed by atoms with E-state index in [1.807, 2.05) is 0 Å². The van der Waals surface area contributed by atoms with Crippen LogP contribution in [-0.4, -0.2) is 48.8 Å². The molecule has 0 bridgehead atoms. The van der Waals surface area contributed by atoms with Crippen molar-refractivity contribution in [2.75, 3.05) is 32.8 Å². The van der Waals surface area contributed by atoms with Crippen LogP contribution in [0.2, 0.25) is 0 Å². The quantitative estimate of drug-likeness (QED) is 0.910. The molecule has 1 saturated heterocycles. The molecule has 1 aliphatic heterocycles. The first-order valence-corrected chi connectivity index (χ1v) is 8.23. The number of amides is 1. The number of aromatic nitrogens is 1. The lowest BCUT2D eigenvalue weighted by Crippen LogP contribution is -2.43. The minimum absolute atomic E-state index is 0.113. The maximum absolute atomic E-state index is 12.3. The third-order valence-corrected chi connectivity index (χ3v) is 4.22. The Morgan fingerprint density at radius 2 is 2.08 bits per heavy atom. The molecule has 6 heteroatoms. The Morgan fingerprint density at radius 3 is 2.75 bits per heavy atom. The largest absolute Gasteiger partial charge is 0.379 e. The zero-order chi connectivity index (χ0) is 16.9. The summed E-state index contributed by atoms with van der Waals surface area (Å²) in [5.41, 5.74) is 3.11. The SMILES string of the molecule is Cc1cccc([C@H](CNC(=O)c2cc(C)no2)N2CCOCC2)c1. The summed E-state index contributed by atoms with van der Waals surface area (Å²) in [6, 6.07) is 10.2. The number of carbonyl (C=O) groups is 1. The fraction of sp³-hybridized carbons (Fsp3) is 0.444. The first kappa shape index (κ1) is 16.7. The molecule has 0 unspecified atom stereocenters. The van der Waals surface area contributed by atoms with Gasteiger partial charge < -0.3 is 14.6 Å². The van der Waals surface area contributed by atoms with Crippen LogP contribution in [0.15, 0.2) is 34.9 Å². The van der Waals surface area contributed by atoms with Crippen molar-refractivity contribution in [3.8, 4) is 0 Å². The van der Waals surface area contributed by atoms with Crippen molar-refractivity contribution < 1.29 is 14.1 Å². The molecule has 1 aromatic heterocycles. The molecule has 6 nitrogen and oxygen atoms in total. The monoisotopic (exact) mass is 329 g/mol. The molecule has 1 atom stereocenters. The lowest BCUT2D eigenvalue weighted by Gasteiger charge is -2.35. The van der Waals surface area contributed by atoms with Crippen molar-refractivity contribution in [3.63, 3.8) is 0 Å². The van der Waals surface area contributed by atoms with Gasteiger partial charge in [0, 0.05) is 25.7 Å². The van der Waals surface area contributed by atoms with E-state index < -0.39 is 0 Å². The topological polar surface area (TPSA) is 67.6 Å². The molecule has 0 spiro atoms. The van der Waals surface area contributed by atoms with Crippen LogP contribution >= 0.6 is 0 Å². The predicted octanol–water partition coefficient (Wildman–Crippen LogP) is 2.09. The Morgan fingerprint density at radius 1 is 1.29 bits per heavy atom. The van der Waals surface area contributed by atoms with Gasteiger partial charge in [0.2, 0.25) is 5.76 Å². The molecular formula is C18H23N3O3. The highest BCUT2D eigenvalue weighted by Gasteiger charge is 2.24. The van der Waals surface area contributed by atoms with Gasteiger partial charge in [-0.15, -0.1) is 0 Å². The highest BCUT2D eigenvalue weighted by atomic mass is 16.5. The Bertz CT molecular complexity index is 692. The number of nitrogens with zero attached hydrogens (tertiary/aromatic N) is 2. The van der Waals surface area contributed by atoms with Crippen molar-refractivity contribution in [1.29, 1.82) is 0 Å². The van der Waals surface area contributed by atoms with Gasteiger partial charge in [-0.05, 0) is 19.4 Å². The van der Waals surface area contributed by atoms with Gasteiger partial charge in [0.15, 0.2) is 0 Å². The van der Waals surface area contributed by atoms with E-state index in [0.717, 1.165) is 26.3 Å². The lowest BCUT2D eigenvalue weighted by atomic mass is 10.0. The van der Waals surface area contributed by atoms with E-state index in [2.05, 4.69) is 46.6 Å². The smallest absolute Gasteiger partial charge is 0.289 e.